The molecule has 0 saturated carbocycles. The maximum absolute atomic E-state index is 12.4. The van der Waals surface area contributed by atoms with Gasteiger partial charge in [-0.3, -0.25) is 4.79 Å². The second-order valence-corrected chi connectivity index (χ2v) is 5.13. The van der Waals surface area contributed by atoms with E-state index in [9.17, 15) is 4.79 Å². The van der Waals surface area contributed by atoms with Crippen LogP contribution in [0.3, 0.4) is 0 Å². The Kier molecular flexibility index (Phi) is 3.31. The number of fused-ring (bicyclic) bond motifs is 1. The second-order valence-electron chi connectivity index (χ2n) is 4.56. The van der Waals surface area contributed by atoms with Gasteiger partial charge in [-0.1, -0.05) is 36.4 Å². The molecule has 1 aromatic carbocycles. The van der Waals surface area contributed by atoms with Gasteiger partial charge in [0.1, 0.15) is 0 Å². The number of hydrogen-bond acceptors (Lipinski definition) is 1. The summed E-state index contributed by atoms with van der Waals surface area (Å²) in [5, 5.41) is 0.721. The highest BCUT2D eigenvalue weighted by molar-refractivity contribution is 6.29. The minimum atomic E-state index is -0.0742. The van der Waals surface area contributed by atoms with E-state index < -0.39 is 0 Å². The van der Waals surface area contributed by atoms with Gasteiger partial charge in [0.15, 0.2) is 0 Å². The van der Waals surface area contributed by atoms with E-state index in [4.69, 9.17) is 11.6 Å². The Morgan fingerprint density at radius 3 is 2.33 bits per heavy atom. The first-order valence-electron chi connectivity index (χ1n) is 5.90. The largest absolute Gasteiger partial charge is 0.301 e. The number of amides is 1. The van der Waals surface area contributed by atoms with E-state index in [2.05, 4.69) is 6.58 Å². The number of hydrogen-bond donors (Lipinski definition) is 0. The van der Waals surface area contributed by atoms with Gasteiger partial charge in [-0.15, -0.1) is 0 Å². The average Bonchev–Trinajstić information content (AvgIpc) is 2.61. The highest BCUT2D eigenvalue weighted by atomic mass is 35.5. The third-order valence-corrected chi connectivity index (χ3v) is 3.83. The summed E-state index contributed by atoms with van der Waals surface area (Å²) in [5.41, 5.74) is 3.36. The van der Waals surface area contributed by atoms with Gasteiger partial charge in [0, 0.05) is 21.9 Å². The van der Waals surface area contributed by atoms with Crippen LogP contribution in [0.15, 0.2) is 41.4 Å². The molecule has 1 unspecified atom stereocenters. The van der Waals surface area contributed by atoms with Gasteiger partial charge in [-0.05, 0) is 32.4 Å². The van der Waals surface area contributed by atoms with Gasteiger partial charge in [0.25, 0.3) is 5.91 Å². The zero-order chi connectivity index (χ0) is 13.4. The lowest BCUT2D eigenvalue weighted by molar-refractivity contribution is 0.0827. The number of nitrogens with zero attached hydrogens (tertiary/aromatic N) is 1. The predicted octanol–water partition coefficient (Wildman–Crippen LogP) is 4.03. The highest BCUT2D eigenvalue weighted by Crippen LogP contribution is 2.35. The Morgan fingerprint density at radius 1 is 1.28 bits per heavy atom. The molecule has 0 aromatic heterocycles. The third-order valence-electron chi connectivity index (χ3n) is 3.54. The highest BCUT2D eigenvalue weighted by Gasteiger charge is 2.34. The molecule has 2 nitrogen and oxygen atoms in total. The monoisotopic (exact) mass is 261 g/mol. The van der Waals surface area contributed by atoms with Crippen molar-refractivity contribution in [3.63, 3.8) is 0 Å². The molecule has 0 fully saturated rings. The van der Waals surface area contributed by atoms with E-state index in [0.29, 0.717) is 0 Å². The van der Waals surface area contributed by atoms with E-state index in [1.54, 1.807) is 4.90 Å². The molecule has 1 aliphatic rings. The molecule has 0 aliphatic carbocycles. The number of carbonyl (C=O) groups is 1. The fourth-order valence-corrected chi connectivity index (χ4v) is 2.35. The molecule has 1 aromatic rings. The van der Waals surface area contributed by atoms with E-state index in [-0.39, 0.29) is 11.9 Å². The van der Waals surface area contributed by atoms with E-state index in [1.807, 2.05) is 45.0 Å². The predicted molar refractivity (Wildman–Crippen MR) is 75.3 cm³/mol. The summed E-state index contributed by atoms with van der Waals surface area (Å²) in [7, 11) is 0. The Balaban J connectivity index is 2.43. The van der Waals surface area contributed by atoms with Gasteiger partial charge in [0.05, 0.1) is 6.04 Å². The van der Waals surface area contributed by atoms with E-state index >= 15 is 0 Å². The van der Waals surface area contributed by atoms with Gasteiger partial charge in [-0.2, -0.15) is 0 Å². The minimum Gasteiger partial charge on any atom is -0.301 e. The standard InChI is InChI=1S/C15H16ClNO/c1-9(10(2)16)11(3)17-12(4)13-7-5-6-8-14(13)15(17)18/h5-8,11H,4H2,1-3H3. The van der Waals surface area contributed by atoms with Crippen LogP contribution in [0.1, 0.15) is 36.7 Å². The van der Waals surface area contributed by atoms with Crippen LogP contribution in [0.5, 0.6) is 0 Å². The smallest absolute Gasteiger partial charge is 0.259 e. The Hall–Kier alpha value is -1.54. The molecule has 1 atom stereocenters. The third kappa shape index (κ3) is 1.87. The van der Waals surface area contributed by atoms with E-state index in [0.717, 1.165) is 27.4 Å². The van der Waals surface area contributed by atoms with Crippen LogP contribution in [0, 0.1) is 0 Å². The first-order valence-corrected chi connectivity index (χ1v) is 6.27. The number of rotatable bonds is 2. The topological polar surface area (TPSA) is 20.3 Å². The fourth-order valence-electron chi connectivity index (χ4n) is 2.19. The summed E-state index contributed by atoms with van der Waals surface area (Å²) >= 11 is 6.02. The maximum atomic E-state index is 12.4. The molecular weight excluding hydrogens is 246 g/mol. The Labute approximate surface area is 113 Å². The average molecular weight is 262 g/mol. The molecule has 1 heterocycles. The molecule has 0 bridgehead atoms. The van der Waals surface area contributed by atoms with Crippen molar-refractivity contribution in [1.29, 1.82) is 0 Å². The fraction of sp³-hybridized carbons (Fsp3) is 0.267. The summed E-state index contributed by atoms with van der Waals surface area (Å²) in [4.78, 5) is 14.1. The summed E-state index contributed by atoms with van der Waals surface area (Å²) in [6.07, 6.45) is 0. The number of benzene rings is 1. The summed E-state index contributed by atoms with van der Waals surface area (Å²) in [6.45, 7) is 9.78. The quantitative estimate of drug-likeness (QED) is 0.787. The molecular formula is C15H16ClNO. The van der Waals surface area contributed by atoms with Crippen LogP contribution < -0.4 is 0 Å². The minimum absolute atomic E-state index is 0.000340. The number of halogens is 1. The van der Waals surface area contributed by atoms with Crippen LogP contribution in [0.2, 0.25) is 0 Å². The van der Waals surface area contributed by atoms with Crippen molar-refractivity contribution >= 4 is 23.2 Å². The molecule has 94 valence electrons. The summed E-state index contributed by atoms with van der Waals surface area (Å²) < 4.78 is 0. The number of allylic oxidation sites excluding steroid dienone is 1. The van der Waals surface area contributed by atoms with Crippen molar-refractivity contribution in [2.24, 2.45) is 0 Å². The van der Waals surface area contributed by atoms with Gasteiger partial charge < -0.3 is 4.90 Å². The Morgan fingerprint density at radius 2 is 1.83 bits per heavy atom. The van der Waals surface area contributed by atoms with Gasteiger partial charge in [0.2, 0.25) is 0 Å². The molecule has 3 heteroatoms. The molecule has 1 amide bonds. The molecule has 2 rings (SSSR count). The lowest BCUT2D eigenvalue weighted by Gasteiger charge is -2.26. The maximum Gasteiger partial charge on any atom is 0.259 e. The van der Waals surface area contributed by atoms with Crippen molar-refractivity contribution in [2.75, 3.05) is 0 Å². The molecule has 0 spiro atoms. The zero-order valence-electron chi connectivity index (χ0n) is 10.8. The summed E-state index contributed by atoms with van der Waals surface area (Å²) in [5.74, 6) is 0.000340. The molecule has 0 N–H and O–H groups in total. The molecule has 0 radical (unpaired) electrons. The summed E-state index contributed by atoms with van der Waals surface area (Å²) in [6, 6.07) is 7.47. The Bertz CT molecular complexity index is 520. The lowest BCUT2D eigenvalue weighted by Crippen LogP contribution is -2.33. The first-order chi connectivity index (χ1) is 8.45. The van der Waals surface area contributed by atoms with Gasteiger partial charge >= 0.3 is 0 Å². The normalized spacial score (nSPS) is 17.7. The van der Waals surface area contributed by atoms with Crippen molar-refractivity contribution in [1.82, 2.24) is 4.90 Å². The van der Waals surface area contributed by atoms with Crippen molar-refractivity contribution in [3.8, 4) is 0 Å². The first kappa shape index (κ1) is 12.9. The lowest BCUT2D eigenvalue weighted by atomic mass is 10.1. The van der Waals surface area contributed by atoms with Crippen LogP contribution in [-0.4, -0.2) is 16.8 Å². The van der Waals surface area contributed by atoms with Crippen LogP contribution in [0.25, 0.3) is 5.70 Å². The van der Waals surface area contributed by atoms with Crippen LogP contribution in [0.4, 0.5) is 0 Å². The second kappa shape index (κ2) is 4.62. The zero-order valence-corrected chi connectivity index (χ0v) is 11.6. The molecule has 0 saturated heterocycles. The molecule has 1 aliphatic heterocycles. The van der Waals surface area contributed by atoms with Crippen molar-refractivity contribution in [2.45, 2.75) is 26.8 Å². The van der Waals surface area contributed by atoms with Crippen LogP contribution in [-0.2, 0) is 0 Å². The number of carbonyl (C=O) groups excluding carboxylic acids is 1. The SMILES string of the molecule is C=C1c2ccccc2C(=O)N1C(C)C(C)=C(C)Cl. The van der Waals surface area contributed by atoms with Crippen molar-refractivity contribution < 1.29 is 4.79 Å². The van der Waals surface area contributed by atoms with Gasteiger partial charge in [-0.25, -0.2) is 0 Å². The van der Waals surface area contributed by atoms with Crippen LogP contribution >= 0.6 is 11.6 Å². The van der Waals surface area contributed by atoms with E-state index in [1.165, 1.54) is 0 Å². The van der Waals surface area contributed by atoms with Crippen molar-refractivity contribution in [3.05, 3.63) is 52.6 Å². The molecule has 18 heavy (non-hydrogen) atoms.